The Morgan fingerprint density at radius 3 is 2.65 bits per heavy atom. The molecule has 208 valence electrons. The molecule has 2 fully saturated rings. The van der Waals surface area contributed by atoms with Crippen molar-refractivity contribution >= 4 is 40.1 Å². The van der Waals surface area contributed by atoms with Gasteiger partial charge in [-0.1, -0.05) is 24.3 Å². The number of hydrogen-bond acceptors (Lipinski definition) is 7. The maximum absolute atomic E-state index is 13.9. The zero-order valence-corrected chi connectivity index (χ0v) is 23.2. The molecule has 1 aromatic carbocycles. The molecule has 0 spiro atoms. The average Bonchev–Trinajstić information content (AvgIpc) is 3.60. The van der Waals surface area contributed by atoms with E-state index in [1.807, 2.05) is 35.7 Å². The highest BCUT2D eigenvalue weighted by atomic mass is 32.1. The van der Waals surface area contributed by atoms with Crippen LogP contribution < -0.4 is 9.80 Å². The molecule has 9 nitrogen and oxygen atoms in total. The second-order valence-electron chi connectivity index (χ2n) is 10.9. The Balaban J connectivity index is 1.29. The van der Waals surface area contributed by atoms with Crippen LogP contribution in [0.4, 0.5) is 10.9 Å². The van der Waals surface area contributed by atoms with E-state index in [-0.39, 0.29) is 30.2 Å². The number of carboxylic acid groups (broad SMARTS) is 1. The molecule has 0 bridgehead atoms. The van der Waals surface area contributed by atoms with Gasteiger partial charge in [0.05, 0.1) is 18.5 Å². The van der Waals surface area contributed by atoms with Crippen molar-refractivity contribution < 1.29 is 24.2 Å². The molecular weight excluding hydrogens is 528 g/mol. The van der Waals surface area contributed by atoms with Gasteiger partial charge in [0.15, 0.2) is 5.13 Å². The van der Waals surface area contributed by atoms with Crippen LogP contribution in [0, 0.1) is 11.8 Å². The summed E-state index contributed by atoms with van der Waals surface area (Å²) in [6.45, 7) is 1.32. The van der Waals surface area contributed by atoms with E-state index in [1.165, 1.54) is 11.3 Å². The SMILES string of the molecule is CN1C(=O)Cc2cc(-c3ccccc3-c3csc(N(C(=O)[C@@H](CC(=O)O)CC4CCOCC4)C4CC4)n3)cnc21. The number of anilines is 2. The number of fused-ring (bicyclic) bond motifs is 1. The molecule has 0 radical (unpaired) electrons. The van der Waals surface area contributed by atoms with E-state index in [0.717, 1.165) is 53.6 Å². The highest BCUT2D eigenvalue weighted by Gasteiger charge is 2.40. The Bertz CT molecular complexity index is 1450. The number of rotatable bonds is 9. The van der Waals surface area contributed by atoms with E-state index < -0.39 is 11.9 Å². The third-order valence-corrected chi connectivity index (χ3v) is 8.91. The van der Waals surface area contributed by atoms with Crippen LogP contribution in [-0.4, -0.2) is 59.2 Å². The molecule has 1 atom stereocenters. The van der Waals surface area contributed by atoms with E-state index in [9.17, 15) is 19.5 Å². The van der Waals surface area contributed by atoms with E-state index >= 15 is 0 Å². The number of carbonyl (C=O) groups excluding carboxylic acids is 2. The van der Waals surface area contributed by atoms with Gasteiger partial charge in [-0.25, -0.2) is 9.97 Å². The summed E-state index contributed by atoms with van der Waals surface area (Å²) in [7, 11) is 1.74. The van der Waals surface area contributed by atoms with Gasteiger partial charge in [0, 0.05) is 60.5 Å². The first kappa shape index (κ1) is 26.6. The number of carbonyl (C=O) groups is 3. The lowest BCUT2D eigenvalue weighted by atomic mass is 9.86. The van der Waals surface area contributed by atoms with Crippen LogP contribution in [0.25, 0.3) is 22.4 Å². The predicted molar refractivity (Wildman–Crippen MR) is 152 cm³/mol. The van der Waals surface area contributed by atoms with Gasteiger partial charge in [-0.3, -0.25) is 24.2 Å². The highest BCUT2D eigenvalue weighted by molar-refractivity contribution is 7.14. The summed E-state index contributed by atoms with van der Waals surface area (Å²) in [5.41, 5.74) is 4.42. The molecule has 1 saturated heterocycles. The largest absolute Gasteiger partial charge is 0.481 e. The molecular formula is C30H32N4O5S. The van der Waals surface area contributed by atoms with Crippen LogP contribution in [0.5, 0.6) is 0 Å². The van der Waals surface area contributed by atoms with Crippen molar-refractivity contribution in [1.29, 1.82) is 0 Å². The van der Waals surface area contributed by atoms with Crippen molar-refractivity contribution in [3.8, 4) is 22.4 Å². The summed E-state index contributed by atoms with van der Waals surface area (Å²) in [5.74, 6) is -0.665. The van der Waals surface area contributed by atoms with Gasteiger partial charge < -0.3 is 9.84 Å². The van der Waals surface area contributed by atoms with Crippen molar-refractivity contribution in [3.63, 3.8) is 0 Å². The summed E-state index contributed by atoms with van der Waals surface area (Å²) in [5, 5.41) is 12.2. The second-order valence-corrected chi connectivity index (χ2v) is 11.8. The van der Waals surface area contributed by atoms with Gasteiger partial charge in [-0.2, -0.15) is 0 Å². The van der Waals surface area contributed by atoms with Crippen molar-refractivity contribution in [2.75, 3.05) is 30.1 Å². The Labute approximate surface area is 236 Å². The Morgan fingerprint density at radius 2 is 1.93 bits per heavy atom. The minimum Gasteiger partial charge on any atom is -0.481 e. The fourth-order valence-electron chi connectivity index (χ4n) is 5.77. The van der Waals surface area contributed by atoms with Crippen LogP contribution in [0.2, 0.25) is 0 Å². The van der Waals surface area contributed by atoms with E-state index in [1.54, 1.807) is 23.0 Å². The number of benzene rings is 1. The zero-order valence-electron chi connectivity index (χ0n) is 22.4. The minimum absolute atomic E-state index is 0.0277. The van der Waals surface area contributed by atoms with Gasteiger partial charge in [0.1, 0.15) is 5.82 Å². The number of ether oxygens (including phenoxy) is 1. The molecule has 1 N–H and O–H groups in total. The monoisotopic (exact) mass is 560 g/mol. The normalized spacial score (nSPS) is 18.0. The molecule has 4 heterocycles. The molecule has 2 amide bonds. The quantitative estimate of drug-likeness (QED) is 0.400. The third kappa shape index (κ3) is 5.38. The van der Waals surface area contributed by atoms with Crippen LogP contribution in [0.3, 0.4) is 0 Å². The molecule has 0 unspecified atom stereocenters. The number of thiazole rings is 1. The Kier molecular flexibility index (Phi) is 7.37. The molecule has 3 aliphatic rings. The van der Waals surface area contributed by atoms with Crippen molar-refractivity contribution in [2.24, 2.45) is 11.8 Å². The Morgan fingerprint density at radius 1 is 1.18 bits per heavy atom. The third-order valence-electron chi connectivity index (χ3n) is 8.07. The first-order chi connectivity index (χ1) is 19.4. The number of carboxylic acids is 1. The molecule has 1 saturated carbocycles. The summed E-state index contributed by atoms with van der Waals surface area (Å²) in [6, 6.07) is 10.0. The first-order valence-electron chi connectivity index (χ1n) is 13.8. The van der Waals surface area contributed by atoms with E-state index in [4.69, 9.17) is 9.72 Å². The molecule has 1 aliphatic carbocycles. The predicted octanol–water partition coefficient (Wildman–Crippen LogP) is 4.79. The lowest BCUT2D eigenvalue weighted by Crippen LogP contribution is -2.40. The maximum atomic E-state index is 13.9. The molecule has 2 aromatic heterocycles. The fraction of sp³-hybridized carbons (Fsp3) is 0.433. The topological polar surface area (TPSA) is 113 Å². The molecule has 10 heteroatoms. The number of pyridine rings is 1. The molecule has 6 rings (SSSR count). The summed E-state index contributed by atoms with van der Waals surface area (Å²) >= 11 is 1.42. The van der Waals surface area contributed by atoms with Crippen molar-refractivity contribution in [2.45, 2.75) is 51.0 Å². The number of nitrogens with zero attached hydrogens (tertiary/aromatic N) is 4. The minimum atomic E-state index is -0.953. The van der Waals surface area contributed by atoms with Crippen LogP contribution in [0.1, 0.15) is 44.1 Å². The number of amides is 2. The fourth-order valence-corrected chi connectivity index (χ4v) is 6.67. The highest BCUT2D eigenvalue weighted by Crippen LogP contribution is 2.40. The number of aromatic nitrogens is 2. The first-order valence-corrected chi connectivity index (χ1v) is 14.7. The van der Waals surface area contributed by atoms with Crippen LogP contribution in [0.15, 0.2) is 41.9 Å². The lowest BCUT2D eigenvalue weighted by molar-refractivity contribution is -0.141. The molecule has 3 aromatic rings. The summed E-state index contributed by atoms with van der Waals surface area (Å²) in [4.78, 5) is 50.6. The lowest BCUT2D eigenvalue weighted by Gasteiger charge is -2.29. The van der Waals surface area contributed by atoms with Gasteiger partial charge in [-0.05, 0) is 49.7 Å². The summed E-state index contributed by atoms with van der Waals surface area (Å²) < 4.78 is 5.46. The Hall–Kier alpha value is -3.63. The average molecular weight is 561 g/mol. The number of likely N-dealkylation sites (N-methyl/N-ethyl adjacent to an activating group) is 1. The molecule has 40 heavy (non-hydrogen) atoms. The number of hydrogen-bond donors (Lipinski definition) is 1. The summed E-state index contributed by atoms with van der Waals surface area (Å²) in [6.07, 6.45) is 5.99. The van der Waals surface area contributed by atoms with Crippen molar-refractivity contribution in [1.82, 2.24) is 9.97 Å². The molecule has 2 aliphatic heterocycles. The van der Waals surface area contributed by atoms with Crippen molar-refractivity contribution in [3.05, 3.63) is 47.5 Å². The van der Waals surface area contributed by atoms with Gasteiger partial charge >= 0.3 is 5.97 Å². The smallest absolute Gasteiger partial charge is 0.304 e. The zero-order chi connectivity index (χ0) is 27.8. The van der Waals surface area contributed by atoms with Crippen LogP contribution in [-0.2, 0) is 25.5 Å². The van der Waals surface area contributed by atoms with Crippen LogP contribution >= 0.6 is 11.3 Å². The number of aliphatic carboxylic acids is 1. The van der Waals surface area contributed by atoms with E-state index in [2.05, 4.69) is 4.98 Å². The van der Waals surface area contributed by atoms with Gasteiger partial charge in [-0.15, -0.1) is 11.3 Å². The van der Waals surface area contributed by atoms with Gasteiger partial charge in [0.25, 0.3) is 0 Å². The standard InChI is InChI=1S/C30H32N4O5S/c1-33-26(35)14-19-13-21(16-31-28(19)33)23-4-2-3-5-24(23)25-17-40-30(32-25)34(22-6-7-22)29(38)20(15-27(36)37)12-18-8-10-39-11-9-18/h2-5,13,16-18,20,22H,6-12,14-15H2,1H3,(H,36,37)/t20-/m1/s1. The second kappa shape index (κ2) is 11.1. The maximum Gasteiger partial charge on any atom is 0.304 e. The van der Waals surface area contributed by atoms with E-state index in [0.29, 0.717) is 37.0 Å². The van der Waals surface area contributed by atoms with Gasteiger partial charge in [0.2, 0.25) is 11.8 Å².